The van der Waals surface area contributed by atoms with Gasteiger partial charge in [-0.3, -0.25) is 24.1 Å². The molecule has 0 aliphatic carbocycles. The molecule has 5 atom stereocenters. The van der Waals surface area contributed by atoms with Gasteiger partial charge in [-0.2, -0.15) is 0 Å². The molecular formula is C20H33NO9. The fourth-order valence-corrected chi connectivity index (χ4v) is 3.63. The first-order chi connectivity index (χ1) is 13.8. The normalized spacial score (nSPS) is 26.4. The lowest BCUT2D eigenvalue weighted by molar-refractivity contribution is -0.284. The van der Waals surface area contributed by atoms with Crippen LogP contribution in [0.2, 0.25) is 0 Å². The average molecular weight is 431 g/mol. The minimum absolute atomic E-state index is 0.0364. The van der Waals surface area contributed by atoms with Crippen LogP contribution in [0.3, 0.4) is 0 Å². The molecule has 0 aromatic carbocycles. The van der Waals surface area contributed by atoms with E-state index in [1.165, 1.54) is 27.7 Å². The van der Waals surface area contributed by atoms with Gasteiger partial charge in [0, 0.05) is 39.8 Å². The highest BCUT2D eigenvalue weighted by Gasteiger charge is 2.54. The van der Waals surface area contributed by atoms with Gasteiger partial charge in [0.2, 0.25) is 0 Å². The molecule has 0 unspecified atom stereocenters. The van der Waals surface area contributed by atoms with Crippen LogP contribution in [-0.4, -0.2) is 78.1 Å². The van der Waals surface area contributed by atoms with Gasteiger partial charge in [-0.15, -0.1) is 0 Å². The van der Waals surface area contributed by atoms with E-state index in [9.17, 15) is 19.2 Å². The van der Waals surface area contributed by atoms with Crippen molar-refractivity contribution in [3.8, 4) is 0 Å². The first-order valence-electron chi connectivity index (χ1n) is 9.93. The minimum Gasteiger partial charge on any atom is -0.463 e. The average Bonchev–Trinajstić information content (AvgIpc) is 2.56. The zero-order valence-corrected chi connectivity index (χ0v) is 18.9. The van der Waals surface area contributed by atoms with Crippen LogP contribution in [0.25, 0.3) is 0 Å². The van der Waals surface area contributed by atoms with Crippen LogP contribution < -0.4 is 0 Å². The molecule has 1 rings (SSSR count). The molecule has 0 aromatic rings. The number of ether oxygens (including phenoxy) is 5. The molecule has 10 heteroatoms. The van der Waals surface area contributed by atoms with Crippen LogP contribution in [0, 0.1) is 0 Å². The van der Waals surface area contributed by atoms with Gasteiger partial charge < -0.3 is 23.7 Å². The Morgan fingerprint density at radius 3 is 1.57 bits per heavy atom. The van der Waals surface area contributed by atoms with Gasteiger partial charge in [0.15, 0.2) is 24.5 Å². The zero-order chi connectivity index (χ0) is 23.2. The molecule has 10 nitrogen and oxygen atoms in total. The third kappa shape index (κ3) is 7.24. The monoisotopic (exact) mass is 431 g/mol. The molecule has 0 spiro atoms. The Balaban J connectivity index is 3.50. The van der Waals surface area contributed by atoms with Gasteiger partial charge in [0.25, 0.3) is 0 Å². The van der Waals surface area contributed by atoms with E-state index in [2.05, 4.69) is 0 Å². The maximum Gasteiger partial charge on any atom is 0.303 e. The summed E-state index contributed by atoms with van der Waals surface area (Å²) >= 11 is 0. The molecule has 172 valence electrons. The Bertz CT molecular complexity index is 626. The lowest BCUT2D eigenvalue weighted by Crippen LogP contribution is -2.67. The minimum atomic E-state index is -1.16. The third-order valence-electron chi connectivity index (χ3n) is 4.45. The van der Waals surface area contributed by atoms with Crippen LogP contribution in [0.4, 0.5) is 0 Å². The molecule has 1 fully saturated rings. The highest BCUT2D eigenvalue weighted by molar-refractivity contribution is 5.68. The van der Waals surface area contributed by atoms with Gasteiger partial charge >= 0.3 is 23.9 Å². The van der Waals surface area contributed by atoms with Gasteiger partial charge in [-0.1, -0.05) is 0 Å². The van der Waals surface area contributed by atoms with E-state index >= 15 is 0 Å². The first-order valence-corrected chi connectivity index (χ1v) is 9.93. The van der Waals surface area contributed by atoms with Crippen LogP contribution in [0.15, 0.2) is 0 Å². The number of carbonyl (C=O) groups is 4. The molecule has 0 bridgehead atoms. The van der Waals surface area contributed by atoms with Crippen molar-refractivity contribution in [2.24, 2.45) is 0 Å². The van der Waals surface area contributed by atoms with E-state index in [1.54, 1.807) is 0 Å². The fourth-order valence-electron chi connectivity index (χ4n) is 3.63. The summed E-state index contributed by atoms with van der Waals surface area (Å²) in [5, 5.41) is 0. The van der Waals surface area contributed by atoms with Crippen molar-refractivity contribution in [1.82, 2.24) is 4.90 Å². The summed E-state index contributed by atoms with van der Waals surface area (Å²) < 4.78 is 27.6. The summed E-state index contributed by atoms with van der Waals surface area (Å²) in [6.45, 7) is 12.4. The predicted molar refractivity (Wildman–Crippen MR) is 104 cm³/mol. The summed E-state index contributed by atoms with van der Waals surface area (Å²) in [6.07, 6.45) is -5.17. The molecular weight excluding hydrogens is 398 g/mol. The summed E-state index contributed by atoms with van der Waals surface area (Å²) in [5.74, 6) is -2.47. The molecule has 1 saturated heterocycles. The van der Waals surface area contributed by atoms with E-state index in [4.69, 9.17) is 23.7 Å². The first kappa shape index (κ1) is 25.8. The molecule has 0 saturated carbocycles. The lowest BCUT2D eigenvalue weighted by Gasteiger charge is -2.49. The summed E-state index contributed by atoms with van der Waals surface area (Å²) in [4.78, 5) is 48.8. The number of esters is 4. The summed E-state index contributed by atoms with van der Waals surface area (Å²) in [6, 6.07) is -0.0728. The largest absolute Gasteiger partial charge is 0.463 e. The zero-order valence-electron chi connectivity index (χ0n) is 18.9. The fraction of sp³-hybridized carbons (Fsp3) is 0.800. The van der Waals surface area contributed by atoms with Crippen molar-refractivity contribution in [1.29, 1.82) is 0 Å². The number of hydrogen-bond donors (Lipinski definition) is 0. The Kier molecular flexibility index (Phi) is 9.70. The van der Waals surface area contributed by atoms with E-state index in [1.807, 2.05) is 32.6 Å². The quantitative estimate of drug-likeness (QED) is 0.409. The van der Waals surface area contributed by atoms with Gasteiger partial charge in [-0.05, 0) is 27.7 Å². The van der Waals surface area contributed by atoms with Crippen molar-refractivity contribution in [3.63, 3.8) is 0 Å². The van der Waals surface area contributed by atoms with Crippen molar-refractivity contribution in [2.45, 2.75) is 98.1 Å². The third-order valence-corrected chi connectivity index (χ3v) is 4.45. The van der Waals surface area contributed by atoms with Crippen molar-refractivity contribution in [2.75, 3.05) is 6.61 Å². The second-order valence-electron chi connectivity index (χ2n) is 7.72. The maximum absolute atomic E-state index is 11.9. The van der Waals surface area contributed by atoms with Crippen molar-refractivity contribution < 1.29 is 42.9 Å². The Morgan fingerprint density at radius 2 is 1.17 bits per heavy atom. The molecule has 1 aliphatic rings. The number of rotatable bonds is 8. The van der Waals surface area contributed by atoms with E-state index in [-0.39, 0.29) is 18.7 Å². The Hall–Kier alpha value is -2.20. The van der Waals surface area contributed by atoms with Crippen LogP contribution >= 0.6 is 0 Å². The maximum atomic E-state index is 11.9. The second-order valence-corrected chi connectivity index (χ2v) is 7.72. The second kappa shape index (κ2) is 11.3. The molecule has 0 N–H and O–H groups in total. The topological polar surface area (TPSA) is 118 Å². The van der Waals surface area contributed by atoms with E-state index in [0.717, 1.165) is 0 Å². The Labute approximate surface area is 177 Å². The molecule has 0 amide bonds. The molecule has 1 heterocycles. The molecule has 30 heavy (non-hydrogen) atoms. The molecule has 1 aliphatic heterocycles. The van der Waals surface area contributed by atoms with Crippen LogP contribution in [-0.2, 0) is 42.9 Å². The van der Waals surface area contributed by atoms with Gasteiger partial charge in [0.1, 0.15) is 12.7 Å². The van der Waals surface area contributed by atoms with Gasteiger partial charge in [-0.25, -0.2) is 0 Å². The smallest absolute Gasteiger partial charge is 0.303 e. The van der Waals surface area contributed by atoms with Crippen LogP contribution in [0.1, 0.15) is 55.4 Å². The number of nitrogens with zero attached hydrogens (tertiary/aromatic N) is 1. The van der Waals surface area contributed by atoms with E-state index < -0.39 is 54.5 Å². The standard InChI is InChI=1S/C20H33NO9/c1-10(2)21(11(3)4)20-19(29-15(8)25)18(28-14(7)24)17(27-13(6)23)16(30-20)9-26-12(5)22/h10-11,16-20H,9H2,1-8H3/t16-,17-,18+,19-,20+/m1/s1. The number of hydrogen-bond acceptors (Lipinski definition) is 10. The molecule has 0 aromatic heterocycles. The van der Waals surface area contributed by atoms with Gasteiger partial charge in [0.05, 0.1) is 0 Å². The lowest BCUT2D eigenvalue weighted by atomic mass is 9.95. The predicted octanol–water partition coefficient (Wildman–Crippen LogP) is 1.19. The highest BCUT2D eigenvalue weighted by atomic mass is 16.7. The highest BCUT2D eigenvalue weighted by Crippen LogP contribution is 2.32. The number of carbonyl (C=O) groups excluding carboxylic acids is 4. The summed E-state index contributed by atoms with van der Waals surface area (Å²) in [7, 11) is 0. The summed E-state index contributed by atoms with van der Waals surface area (Å²) in [5.41, 5.74) is 0. The van der Waals surface area contributed by atoms with E-state index in [0.29, 0.717) is 0 Å². The molecule has 0 radical (unpaired) electrons. The van der Waals surface area contributed by atoms with Crippen molar-refractivity contribution >= 4 is 23.9 Å². The van der Waals surface area contributed by atoms with Crippen LogP contribution in [0.5, 0.6) is 0 Å². The Morgan fingerprint density at radius 1 is 0.733 bits per heavy atom. The van der Waals surface area contributed by atoms with Crippen molar-refractivity contribution in [3.05, 3.63) is 0 Å². The SMILES string of the molecule is CC(=O)OC[C@H]1O[C@H](N(C(C)C)C(C)C)[C@H](OC(C)=O)[C@@H](OC(C)=O)[C@@H]1OC(C)=O.